The van der Waals surface area contributed by atoms with Crippen LogP contribution in [0.5, 0.6) is 23.3 Å². The summed E-state index contributed by atoms with van der Waals surface area (Å²) < 4.78 is 16.0. The summed E-state index contributed by atoms with van der Waals surface area (Å²) >= 11 is 0. The van der Waals surface area contributed by atoms with Gasteiger partial charge < -0.3 is 44.4 Å². The molecule has 7 aromatic rings. The lowest BCUT2D eigenvalue weighted by Gasteiger charge is -2.31. The summed E-state index contributed by atoms with van der Waals surface area (Å²) in [6.07, 6.45) is 1.96. The Labute approximate surface area is 334 Å². The molecule has 3 aliphatic rings. The smallest absolute Gasteiger partial charge is 0.412 e. The summed E-state index contributed by atoms with van der Waals surface area (Å²) in [5, 5.41) is 56.0. The minimum Gasteiger partial charge on any atom is -0.508 e. The number of hydrogen-bond acceptors (Lipinski definition) is 12. The highest BCUT2D eigenvalue weighted by molar-refractivity contribution is 5.91. The fourth-order valence-electron chi connectivity index (χ4n) is 8.99. The number of hydrogen-bond donors (Lipinski definition) is 5. The summed E-state index contributed by atoms with van der Waals surface area (Å²) in [6, 6.07) is 15.0. The van der Waals surface area contributed by atoms with Crippen LogP contribution in [0, 0.1) is 0 Å². The fraction of sp³-hybridized carbons (Fsp3) is 0.256. The maximum Gasteiger partial charge on any atom is 0.412 e. The molecule has 0 fully saturated rings. The van der Waals surface area contributed by atoms with Crippen LogP contribution in [0.2, 0.25) is 0 Å². The number of phenols is 2. The molecule has 4 aromatic heterocycles. The van der Waals surface area contributed by atoms with Crippen LogP contribution < -0.4 is 15.6 Å². The van der Waals surface area contributed by atoms with Crippen LogP contribution in [0.15, 0.2) is 65.6 Å². The number of carbonyl (C=O) groups is 2. The number of rotatable bonds is 6. The number of ether oxygens (including phenoxy) is 2. The Morgan fingerprint density at radius 2 is 1.81 bits per heavy atom. The number of nitrogens with one attached hydrogen (secondary N) is 1. The zero-order valence-corrected chi connectivity index (χ0v) is 32.1. The van der Waals surface area contributed by atoms with Crippen molar-refractivity contribution in [2.75, 3.05) is 6.54 Å². The van der Waals surface area contributed by atoms with E-state index in [9.17, 15) is 34.8 Å². The number of nitrogens with zero attached hydrogens (tertiary/aromatic N) is 6. The maximum atomic E-state index is 13.7. The van der Waals surface area contributed by atoms with E-state index in [2.05, 4.69) is 15.5 Å². The number of cyclic esters (lactones) is 1. The fourth-order valence-corrected chi connectivity index (χ4v) is 8.99. The molecule has 5 N–H and O–H groups in total. The Kier molecular flexibility index (Phi) is 7.91. The first-order valence-electron chi connectivity index (χ1n) is 19.3. The number of amides is 1. The Bertz CT molecular complexity index is 3060. The molecule has 0 radical (unpaired) electrons. The minimum atomic E-state index is -1.92. The Morgan fingerprint density at radius 1 is 0.983 bits per heavy atom. The number of fused-ring (bicyclic) bond motifs is 11. The van der Waals surface area contributed by atoms with Crippen molar-refractivity contribution < 1.29 is 39.5 Å². The van der Waals surface area contributed by atoms with E-state index < -0.39 is 17.7 Å². The topological polar surface area (TPSA) is 216 Å². The van der Waals surface area contributed by atoms with Crippen molar-refractivity contribution in [1.29, 1.82) is 0 Å². The number of aromatic nitrogens is 6. The van der Waals surface area contributed by atoms with Crippen LogP contribution in [0.1, 0.15) is 66.5 Å². The van der Waals surface area contributed by atoms with Crippen LogP contribution >= 0.6 is 0 Å². The first kappa shape index (κ1) is 36.2. The van der Waals surface area contributed by atoms with Gasteiger partial charge in [-0.15, -0.1) is 5.10 Å². The summed E-state index contributed by atoms with van der Waals surface area (Å²) in [4.78, 5) is 44.4. The summed E-state index contributed by atoms with van der Waals surface area (Å²) in [5.41, 5.74) is 4.96. The number of aryl methyl sites for hydroxylation is 1. The molecule has 0 aliphatic carbocycles. The predicted octanol–water partition coefficient (Wildman–Crippen LogP) is 5.22. The third-order valence-electron chi connectivity index (χ3n) is 12.1. The van der Waals surface area contributed by atoms with Gasteiger partial charge in [-0.1, -0.05) is 25.9 Å². The molecule has 59 heavy (non-hydrogen) atoms. The van der Waals surface area contributed by atoms with Crippen molar-refractivity contribution in [2.45, 2.75) is 64.8 Å². The Morgan fingerprint density at radius 3 is 2.61 bits per heavy atom. The number of pyridine rings is 2. The number of benzene rings is 3. The largest absolute Gasteiger partial charge is 0.508 e. The Hall–Kier alpha value is -7.20. The first-order valence-corrected chi connectivity index (χ1v) is 19.3. The molecule has 3 aromatic carbocycles. The second-order valence-electron chi connectivity index (χ2n) is 15.2. The number of aliphatic hydroxyl groups is 1. The molecule has 16 heteroatoms. The van der Waals surface area contributed by atoms with Crippen molar-refractivity contribution in [3.63, 3.8) is 0 Å². The van der Waals surface area contributed by atoms with E-state index >= 15 is 0 Å². The van der Waals surface area contributed by atoms with Crippen LogP contribution in [0.4, 0.5) is 4.79 Å². The quantitative estimate of drug-likeness (QED) is 0.137. The second-order valence-corrected chi connectivity index (χ2v) is 15.2. The zero-order chi connectivity index (χ0) is 41.1. The van der Waals surface area contributed by atoms with Gasteiger partial charge in [-0.2, -0.15) is 0 Å². The van der Waals surface area contributed by atoms with Gasteiger partial charge in [0.25, 0.3) is 5.56 Å². The van der Waals surface area contributed by atoms with Crippen molar-refractivity contribution >= 4 is 33.9 Å². The van der Waals surface area contributed by atoms with Crippen LogP contribution in [0.25, 0.3) is 50.3 Å². The van der Waals surface area contributed by atoms with Crippen LogP contribution in [0.3, 0.4) is 0 Å². The SMILES string of the molecule is CCc1c2c(nc3ccc(OC(=O)NCCn4cc5c6cc(ccc64)-n4c(O)nnc4-c4cc(c(O)cc4O)C5C)cc13)-c1cc3c(c(=O)n1C2)COC(=O)C3(O)CC. The standard InChI is InChI=1S/C43H37N7O9/c1-4-23-25-13-22(7-8-32(25)45-37-29(23)18-49-34(37)15-31-30(39(49)53)19-58-40(54)43(31,57)5-2)59-42(56)44-10-11-48-17-28-20(3)24-14-27(36(52)16-35(24)51)38-46-47-41(55)50(38)21-6-9-33(48)26(28)12-21/h6-9,12-17,20,51-52,57H,4-5,10-11,18-19H2,1-3H3,(H,44,56)(H,47,55). The molecule has 0 spiro atoms. The summed E-state index contributed by atoms with van der Waals surface area (Å²) in [6.45, 7) is 6.25. The second kappa shape index (κ2) is 12.9. The molecule has 16 nitrogen and oxygen atoms in total. The molecule has 10 rings (SSSR count). The number of aromatic hydroxyl groups is 3. The van der Waals surface area contributed by atoms with Gasteiger partial charge in [-0.3, -0.25) is 4.79 Å². The predicted molar refractivity (Wildman–Crippen MR) is 213 cm³/mol. The third-order valence-corrected chi connectivity index (χ3v) is 12.1. The van der Waals surface area contributed by atoms with Crippen molar-refractivity contribution in [3.05, 3.63) is 105 Å². The van der Waals surface area contributed by atoms with Crippen molar-refractivity contribution in [3.8, 4) is 51.7 Å². The normalized spacial score (nSPS) is 17.4. The van der Waals surface area contributed by atoms with Crippen molar-refractivity contribution in [2.24, 2.45) is 0 Å². The van der Waals surface area contributed by atoms with Gasteiger partial charge in [0, 0.05) is 64.3 Å². The molecule has 0 saturated heterocycles. The average molecular weight is 796 g/mol. The van der Waals surface area contributed by atoms with Crippen molar-refractivity contribution in [1.82, 2.24) is 34.2 Å². The number of esters is 1. The van der Waals surface area contributed by atoms with E-state index in [1.165, 1.54) is 10.6 Å². The van der Waals surface area contributed by atoms with E-state index in [4.69, 9.17) is 14.5 Å². The molecular formula is C43H37N7O9. The lowest BCUT2D eigenvalue weighted by molar-refractivity contribution is -0.172. The molecule has 0 saturated carbocycles. The average Bonchev–Trinajstić information content (AvgIpc) is 3.91. The maximum absolute atomic E-state index is 13.7. The van der Waals surface area contributed by atoms with E-state index in [0.717, 1.165) is 33.0 Å². The first-order chi connectivity index (χ1) is 28.4. The lowest BCUT2D eigenvalue weighted by Crippen LogP contribution is -2.44. The molecule has 298 valence electrons. The third kappa shape index (κ3) is 5.25. The molecule has 7 heterocycles. The van der Waals surface area contributed by atoms with Gasteiger partial charge in [0.05, 0.1) is 40.3 Å². The van der Waals surface area contributed by atoms with E-state index in [0.29, 0.717) is 52.4 Å². The van der Waals surface area contributed by atoms with Gasteiger partial charge in [-0.25, -0.2) is 19.1 Å². The number of carbonyl (C=O) groups excluding carboxylic acids is 2. The highest BCUT2D eigenvalue weighted by Crippen LogP contribution is 2.45. The zero-order valence-electron chi connectivity index (χ0n) is 32.1. The molecule has 4 bridgehead atoms. The van der Waals surface area contributed by atoms with Crippen LogP contribution in [-0.4, -0.2) is 67.9 Å². The molecule has 2 unspecified atom stereocenters. The Balaban J connectivity index is 0.907. The van der Waals surface area contributed by atoms with E-state index in [1.54, 1.807) is 41.8 Å². The summed E-state index contributed by atoms with van der Waals surface area (Å²) in [5.74, 6) is -0.852. The summed E-state index contributed by atoms with van der Waals surface area (Å²) in [7, 11) is 0. The molecule has 1 amide bonds. The van der Waals surface area contributed by atoms with Gasteiger partial charge in [0.15, 0.2) is 11.4 Å². The van der Waals surface area contributed by atoms with Gasteiger partial charge in [0.2, 0.25) is 0 Å². The number of phenolic OH excluding ortho intramolecular Hbond substituents is 2. The van der Waals surface area contributed by atoms with Gasteiger partial charge in [-0.05, 0) is 72.5 Å². The van der Waals surface area contributed by atoms with E-state index in [-0.39, 0.29) is 72.1 Å². The highest BCUT2D eigenvalue weighted by atomic mass is 16.6. The molecule has 3 aliphatic heterocycles. The highest BCUT2D eigenvalue weighted by Gasteiger charge is 2.45. The molecular weight excluding hydrogens is 759 g/mol. The van der Waals surface area contributed by atoms with Gasteiger partial charge in [0.1, 0.15) is 23.9 Å². The monoisotopic (exact) mass is 795 g/mol. The van der Waals surface area contributed by atoms with E-state index in [1.807, 2.05) is 42.8 Å². The lowest BCUT2D eigenvalue weighted by atomic mass is 9.86. The van der Waals surface area contributed by atoms with Gasteiger partial charge >= 0.3 is 18.1 Å². The van der Waals surface area contributed by atoms with Crippen LogP contribution in [-0.2, 0) is 41.2 Å². The molecule has 2 atom stereocenters. The minimum absolute atomic E-state index is 0.0502.